The van der Waals surface area contributed by atoms with Gasteiger partial charge in [0.15, 0.2) is 6.29 Å². The first-order valence-corrected chi connectivity index (χ1v) is 15.6. The Morgan fingerprint density at radius 1 is 0.756 bits per heavy atom. The highest BCUT2D eigenvalue weighted by Crippen LogP contribution is 2.29. The van der Waals surface area contributed by atoms with Crippen LogP contribution in [0.15, 0.2) is 91.0 Å². The molecule has 10 heteroatoms. The summed E-state index contributed by atoms with van der Waals surface area (Å²) in [6, 6.07) is 28.3. The number of ether oxygens (including phenoxy) is 4. The molecule has 5 atom stereocenters. The molecule has 3 aromatic carbocycles. The highest BCUT2D eigenvalue weighted by Gasteiger charge is 2.48. The Bertz CT molecular complexity index is 1310. The van der Waals surface area contributed by atoms with Crippen molar-refractivity contribution in [1.29, 1.82) is 0 Å². The standard InChI is InChI=1S/C35H43N3O7/c39-22-29-33(42-23-26-10-4-1-5-11-26)34(43-24-27-12-6-2-7-13-27)32(35(45-29)44-25-28-14-8-3-9-15-28)37-30(40)16-17-31(41)38-20-18-36-19-21-38/h1-15,29,32-36,39H,16-25H2,(H,37,40)/t29-,32-,33-,34-,35?/m1/s1. The molecule has 0 bridgehead atoms. The zero-order chi connectivity index (χ0) is 31.3. The molecule has 0 aliphatic carbocycles. The lowest BCUT2D eigenvalue weighted by Gasteiger charge is -2.46. The van der Waals surface area contributed by atoms with E-state index < -0.39 is 30.6 Å². The summed E-state index contributed by atoms with van der Waals surface area (Å²) in [4.78, 5) is 28.0. The maximum atomic E-state index is 13.4. The van der Waals surface area contributed by atoms with Gasteiger partial charge in [-0.15, -0.1) is 0 Å². The Kier molecular flexibility index (Phi) is 12.5. The zero-order valence-electron chi connectivity index (χ0n) is 25.5. The number of rotatable bonds is 14. The summed E-state index contributed by atoms with van der Waals surface area (Å²) in [6.07, 6.45) is -3.10. The van der Waals surface area contributed by atoms with Crippen LogP contribution in [0.3, 0.4) is 0 Å². The van der Waals surface area contributed by atoms with Crippen molar-refractivity contribution in [3.63, 3.8) is 0 Å². The van der Waals surface area contributed by atoms with Gasteiger partial charge in [0.1, 0.15) is 24.4 Å². The monoisotopic (exact) mass is 617 g/mol. The van der Waals surface area contributed by atoms with Crippen LogP contribution in [-0.4, -0.2) is 85.3 Å². The third kappa shape index (κ3) is 9.67. The Morgan fingerprint density at radius 2 is 1.27 bits per heavy atom. The lowest BCUT2D eigenvalue weighted by atomic mass is 9.95. The van der Waals surface area contributed by atoms with Crippen molar-refractivity contribution < 1.29 is 33.6 Å². The fraction of sp³-hybridized carbons (Fsp3) is 0.429. The number of nitrogens with one attached hydrogen (secondary N) is 2. The third-order valence-electron chi connectivity index (χ3n) is 8.02. The van der Waals surface area contributed by atoms with Crippen molar-refractivity contribution in [3.8, 4) is 0 Å². The molecule has 3 aromatic rings. The van der Waals surface area contributed by atoms with Crippen molar-refractivity contribution in [2.24, 2.45) is 0 Å². The molecule has 5 rings (SSSR count). The Balaban J connectivity index is 1.36. The normalized spacial score (nSPS) is 23.4. The predicted octanol–water partition coefficient (Wildman–Crippen LogP) is 2.79. The van der Waals surface area contributed by atoms with Crippen LogP contribution in [0, 0.1) is 0 Å². The number of carbonyl (C=O) groups excluding carboxylic acids is 2. The summed E-state index contributed by atoms with van der Waals surface area (Å²) in [7, 11) is 0. The molecular weight excluding hydrogens is 574 g/mol. The molecule has 10 nitrogen and oxygen atoms in total. The van der Waals surface area contributed by atoms with Gasteiger partial charge in [0, 0.05) is 39.0 Å². The SMILES string of the molecule is O=C(CCC(=O)N1CCNCC1)N[C@H]1C(OCc2ccccc2)O[C@H](CO)[C@@H](OCc2ccccc2)[C@@H]1OCc1ccccc1. The quantitative estimate of drug-likeness (QED) is 0.253. The number of benzene rings is 3. The van der Waals surface area contributed by atoms with Gasteiger partial charge in [-0.05, 0) is 16.7 Å². The molecule has 2 fully saturated rings. The van der Waals surface area contributed by atoms with Crippen molar-refractivity contribution >= 4 is 11.8 Å². The smallest absolute Gasteiger partial charge is 0.223 e. The van der Waals surface area contributed by atoms with Gasteiger partial charge in [0.25, 0.3) is 0 Å². The molecule has 2 heterocycles. The van der Waals surface area contributed by atoms with Crippen LogP contribution in [0.4, 0.5) is 0 Å². The number of carbonyl (C=O) groups is 2. The van der Waals surface area contributed by atoms with Crippen molar-refractivity contribution in [2.75, 3.05) is 32.8 Å². The van der Waals surface area contributed by atoms with Crippen LogP contribution in [0.25, 0.3) is 0 Å². The zero-order valence-corrected chi connectivity index (χ0v) is 25.5. The van der Waals surface area contributed by atoms with Gasteiger partial charge < -0.3 is 39.6 Å². The molecule has 2 saturated heterocycles. The second kappa shape index (κ2) is 17.2. The number of hydrogen-bond donors (Lipinski definition) is 3. The second-order valence-electron chi connectivity index (χ2n) is 11.3. The fourth-order valence-electron chi connectivity index (χ4n) is 5.58. The second-order valence-corrected chi connectivity index (χ2v) is 11.3. The first-order chi connectivity index (χ1) is 22.1. The Labute approximate surface area is 264 Å². The molecule has 0 saturated carbocycles. The summed E-state index contributed by atoms with van der Waals surface area (Å²) in [5.74, 6) is -0.373. The van der Waals surface area contributed by atoms with Crippen LogP contribution >= 0.6 is 0 Å². The van der Waals surface area contributed by atoms with Crippen molar-refractivity contribution in [3.05, 3.63) is 108 Å². The van der Waals surface area contributed by atoms with Gasteiger partial charge >= 0.3 is 0 Å². The van der Waals surface area contributed by atoms with E-state index >= 15 is 0 Å². The van der Waals surface area contributed by atoms with Gasteiger partial charge in [0.05, 0.1) is 26.4 Å². The van der Waals surface area contributed by atoms with Crippen molar-refractivity contribution in [2.45, 2.75) is 63.3 Å². The number of nitrogens with zero attached hydrogens (tertiary/aromatic N) is 1. The van der Waals surface area contributed by atoms with Gasteiger partial charge in [-0.3, -0.25) is 9.59 Å². The van der Waals surface area contributed by atoms with E-state index in [1.54, 1.807) is 4.90 Å². The summed E-state index contributed by atoms with van der Waals surface area (Å²) in [5, 5.41) is 16.8. The van der Waals surface area contributed by atoms with Gasteiger partial charge in [-0.1, -0.05) is 91.0 Å². The number of piperazine rings is 1. The highest BCUT2D eigenvalue weighted by molar-refractivity contribution is 5.84. The molecule has 0 aromatic heterocycles. The minimum atomic E-state index is -0.951. The molecule has 240 valence electrons. The molecule has 0 spiro atoms. The maximum Gasteiger partial charge on any atom is 0.223 e. The minimum Gasteiger partial charge on any atom is -0.394 e. The van der Waals surface area contributed by atoms with Gasteiger partial charge in [0.2, 0.25) is 11.8 Å². The first kappa shape index (κ1) is 32.7. The lowest BCUT2D eigenvalue weighted by molar-refractivity contribution is -0.290. The number of amides is 2. The predicted molar refractivity (Wildman–Crippen MR) is 168 cm³/mol. The lowest BCUT2D eigenvalue weighted by Crippen LogP contribution is -2.66. The average molecular weight is 618 g/mol. The van der Waals surface area contributed by atoms with Crippen LogP contribution in [0.5, 0.6) is 0 Å². The molecule has 0 radical (unpaired) electrons. The number of aliphatic hydroxyl groups excluding tert-OH is 1. The van der Waals surface area contributed by atoms with Crippen molar-refractivity contribution in [1.82, 2.24) is 15.5 Å². The molecule has 3 N–H and O–H groups in total. The van der Waals surface area contributed by atoms with E-state index in [1.165, 1.54) is 0 Å². The first-order valence-electron chi connectivity index (χ1n) is 15.6. The third-order valence-corrected chi connectivity index (χ3v) is 8.02. The van der Waals surface area contributed by atoms with E-state index in [4.69, 9.17) is 18.9 Å². The average Bonchev–Trinajstić information content (AvgIpc) is 3.10. The molecule has 2 aliphatic heterocycles. The molecule has 45 heavy (non-hydrogen) atoms. The Hall–Kier alpha value is -3.64. The van der Waals surface area contributed by atoms with Crippen LogP contribution in [0.2, 0.25) is 0 Å². The molecule has 2 aliphatic rings. The largest absolute Gasteiger partial charge is 0.394 e. The van der Waals surface area contributed by atoms with E-state index in [0.29, 0.717) is 13.1 Å². The number of hydrogen-bond acceptors (Lipinski definition) is 8. The summed E-state index contributed by atoms with van der Waals surface area (Å²) in [5.41, 5.74) is 2.82. The Morgan fingerprint density at radius 3 is 1.80 bits per heavy atom. The van der Waals surface area contributed by atoms with E-state index in [-0.39, 0.29) is 51.1 Å². The van der Waals surface area contributed by atoms with Gasteiger partial charge in [-0.25, -0.2) is 0 Å². The minimum absolute atomic E-state index is 0.00897. The molecular formula is C35H43N3O7. The summed E-state index contributed by atoms with van der Waals surface area (Å²) >= 11 is 0. The van der Waals surface area contributed by atoms with Gasteiger partial charge in [-0.2, -0.15) is 0 Å². The summed E-state index contributed by atoms with van der Waals surface area (Å²) < 4.78 is 25.5. The summed E-state index contributed by atoms with van der Waals surface area (Å²) in [6.45, 7) is 3.13. The topological polar surface area (TPSA) is 119 Å². The van der Waals surface area contributed by atoms with Crippen LogP contribution < -0.4 is 10.6 Å². The van der Waals surface area contributed by atoms with E-state index in [0.717, 1.165) is 29.8 Å². The van der Waals surface area contributed by atoms with Crippen LogP contribution in [-0.2, 0) is 48.4 Å². The molecule has 2 amide bonds. The van der Waals surface area contributed by atoms with E-state index in [1.807, 2.05) is 91.0 Å². The van der Waals surface area contributed by atoms with Crippen LogP contribution in [0.1, 0.15) is 29.5 Å². The van der Waals surface area contributed by atoms with E-state index in [2.05, 4.69) is 10.6 Å². The number of aliphatic hydroxyl groups is 1. The fourth-order valence-corrected chi connectivity index (χ4v) is 5.58. The molecule has 1 unspecified atom stereocenters. The highest BCUT2D eigenvalue weighted by atomic mass is 16.7. The van der Waals surface area contributed by atoms with E-state index in [9.17, 15) is 14.7 Å². The maximum absolute atomic E-state index is 13.4.